The first-order chi connectivity index (χ1) is 10.9. The lowest BCUT2D eigenvalue weighted by Gasteiger charge is -2.24. The van der Waals surface area contributed by atoms with Crippen molar-refractivity contribution in [3.05, 3.63) is 29.8 Å². The Morgan fingerprint density at radius 1 is 1.26 bits per heavy atom. The van der Waals surface area contributed by atoms with Crippen molar-refractivity contribution < 1.29 is 8.42 Å². The molecule has 0 saturated carbocycles. The highest BCUT2D eigenvalue weighted by molar-refractivity contribution is 8.15. The van der Waals surface area contributed by atoms with Crippen molar-refractivity contribution in [1.82, 2.24) is 0 Å². The van der Waals surface area contributed by atoms with E-state index < -0.39 is 9.84 Å². The standard InChI is InChI=1S/C17H24N2O2S2/c1-4-9-19(14-7-5-13(6-8-14)12(2)3)17-18-15-10-23(20,21)11-16(15)22-17/h5-8,12,15-16H,4,9-11H2,1-3H3/t15-,16-/m1/s1. The molecule has 0 aromatic heterocycles. The van der Waals surface area contributed by atoms with Crippen LogP contribution < -0.4 is 4.90 Å². The number of anilines is 1. The highest BCUT2D eigenvalue weighted by atomic mass is 32.2. The number of aliphatic imine (C=N–C) groups is 1. The molecule has 0 radical (unpaired) electrons. The molecule has 0 spiro atoms. The quantitative estimate of drug-likeness (QED) is 0.834. The summed E-state index contributed by atoms with van der Waals surface area (Å²) in [7, 11) is -2.89. The zero-order valence-corrected chi connectivity index (χ0v) is 15.5. The molecule has 2 aliphatic heterocycles. The van der Waals surface area contributed by atoms with Crippen molar-refractivity contribution >= 4 is 32.5 Å². The van der Waals surface area contributed by atoms with Gasteiger partial charge >= 0.3 is 0 Å². The van der Waals surface area contributed by atoms with Crippen molar-refractivity contribution in [2.75, 3.05) is 23.0 Å². The van der Waals surface area contributed by atoms with Crippen LogP contribution in [0.5, 0.6) is 0 Å². The van der Waals surface area contributed by atoms with Crippen LogP contribution in [0.3, 0.4) is 0 Å². The zero-order valence-electron chi connectivity index (χ0n) is 13.9. The van der Waals surface area contributed by atoms with Gasteiger partial charge in [-0.05, 0) is 30.0 Å². The number of hydrogen-bond acceptors (Lipinski definition) is 5. The molecule has 3 rings (SSSR count). The van der Waals surface area contributed by atoms with Gasteiger partial charge in [-0.1, -0.05) is 44.7 Å². The number of fused-ring (bicyclic) bond motifs is 1. The van der Waals surface area contributed by atoms with E-state index in [1.54, 1.807) is 11.8 Å². The van der Waals surface area contributed by atoms with Gasteiger partial charge < -0.3 is 4.90 Å². The number of benzene rings is 1. The number of nitrogens with zero attached hydrogens (tertiary/aromatic N) is 2. The van der Waals surface area contributed by atoms with Gasteiger partial charge in [0.1, 0.15) is 0 Å². The van der Waals surface area contributed by atoms with Gasteiger partial charge in [0.25, 0.3) is 0 Å². The Morgan fingerprint density at radius 2 is 1.96 bits per heavy atom. The smallest absolute Gasteiger partial charge is 0.164 e. The van der Waals surface area contributed by atoms with Gasteiger partial charge in [-0.2, -0.15) is 0 Å². The highest BCUT2D eigenvalue weighted by Crippen LogP contribution is 2.37. The van der Waals surface area contributed by atoms with E-state index in [-0.39, 0.29) is 22.8 Å². The van der Waals surface area contributed by atoms with Crippen molar-refractivity contribution in [2.45, 2.75) is 44.4 Å². The van der Waals surface area contributed by atoms with Crippen LogP contribution >= 0.6 is 11.8 Å². The molecule has 0 N–H and O–H groups in total. The fraction of sp³-hybridized carbons (Fsp3) is 0.588. The molecule has 1 fully saturated rings. The molecule has 1 aromatic carbocycles. The van der Waals surface area contributed by atoms with E-state index in [2.05, 4.69) is 49.9 Å². The minimum Gasteiger partial charge on any atom is -0.321 e. The van der Waals surface area contributed by atoms with Gasteiger partial charge in [-0.15, -0.1) is 0 Å². The van der Waals surface area contributed by atoms with Gasteiger partial charge in [0.15, 0.2) is 15.0 Å². The largest absolute Gasteiger partial charge is 0.321 e. The second-order valence-electron chi connectivity index (χ2n) is 6.61. The normalized spacial score (nSPS) is 25.5. The van der Waals surface area contributed by atoms with Crippen LogP contribution in [0, 0.1) is 0 Å². The Kier molecular flexibility index (Phi) is 4.74. The maximum Gasteiger partial charge on any atom is 0.164 e. The minimum atomic E-state index is -2.89. The van der Waals surface area contributed by atoms with E-state index in [1.165, 1.54) is 5.56 Å². The lowest BCUT2D eigenvalue weighted by atomic mass is 10.0. The van der Waals surface area contributed by atoms with Crippen LogP contribution in [0.15, 0.2) is 29.3 Å². The SMILES string of the molecule is CCCN(C1=N[C@@H]2CS(=O)(=O)C[C@H]2S1)c1ccc(C(C)C)cc1. The number of amidine groups is 1. The molecule has 4 nitrogen and oxygen atoms in total. The second kappa shape index (κ2) is 6.48. The lowest BCUT2D eigenvalue weighted by Crippen LogP contribution is -2.29. The van der Waals surface area contributed by atoms with Gasteiger partial charge in [-0.25, -0.2) is 8.42 Å². The van der Waals surface area contributed by atoms with E-state index in [4.69, 9.17) is 4.99 Å². The van der Waals surface area contributed by atoms with Gasteiger partial charge in [0.05, 0.1) is 17.5 Å². The zero-order chi connectivity index (χ0) is 16.6. The fourth-order valence-electron chi connectivity index (χ4n) is 3.07. The van der Waals surface area contributed by atoms with E-state index in [0.29, 0.717) is 5.92 Å². The molecule has 0 bridgehead atoms. The predicted octanol–water partition coefficient (Wildman–Crippen LogP) is 3.29. The van der Waals surface area contributed by atoms with Crippen molar-refractivity contribution in [2.24, 2.45) is 4.99 Å². The Labute approximate surface area is 143 Å². The lowest BCUT2D eigenvalue weighted by molar-refractivity contribution is 0.601. The second-order valence-corrected chi connectivity index (χ2v) is 9.97. The maximum atomic E-state index is 11.7. The third-order valence-corrected chi connectivity index (χ3v) is 7.60. The summed E-state index contributed by atoms with van der Waals surface area (Å²) in [6, 6.07) is 8.59. The fourth-order valence-corrected chi connectivity index (χ4v) is 6.88. The van der Waals surface area contributed by atoms with Gasteiger partial charge in [-0.3, -0.25) is 4.99 Å². The third-order valence-electron chi connectivity index (χ3n) is 4.35. The van der Waals surface area contributed by atoms with Crippen molar-refractivity contribution in [3.8, 4) is 0 Å². The summed E-state index contributed by atoms with van der Waals surface area (Å²) in [5.74, 6) is 0.994. The number of hydrogen-bond donors (Lipinski definition) is 0. The molecule has 6 heteroatoms. The first-order valence-corrected chi connectivity index (χ1v) is 10.9. The molecule has 2 atom stereocenters. The predicted molar refractivity (Wildman–Crippen MR) is 99.4 cm³/mol. The van der Waals surface area contributed by atoms with Crippen LogP contribution in [-0.2, 0) is 9.84 Å². The molecule has 126 valence electrons. The van der Waals surface area contributed by atoms with Gasteiger partial charge in [0.2, 0.25) is 0 Å². The molecule has 2 heterocycles. The summed E-state index contributed by atoms with van der Waals surface area (Å²) in [6.45, 7) is 7.44. The Hall–Kier alpha value is -1.01. The van der Waals surface area contributed by atoms with Crippen LogP contribution in [0.2, 0.25) is 0 Å². The summed E-state index contributed by atoms with van der Waals surface area (Å²) in [4.78, 5) is 6.96. The summed E-state index contributed by atoms with van der Waals surface area (Å²) in [5, 5.41) is 1.08. The van der Waals surface area contributed by atoms with E-state index >= 15 is 0 Å². The van der Waals surface area contributed by atoms with Crippen LogP contribution in [0.25, 0.3) is 0 Å². The molecule has 0 aliphatic carbocycles. The molecule has 0 amide bonds. The first-order valence-electron chi connectivity index (χ1n) is 8.22. The topological polar surface area (TPSA) is 49.7 Å². The molecule has 1 saturated heterocycles. The Morgan fingerprint density at radius 3 is 2.52 bits per heavy atom. The third kappa shape index (κ3) is 3.58. The monoisotopic (exact) mass is 352 g/mol. The van der Waals surface area contributed by atoms with Gasteiger partial charge in [0, 0.05) is 17.5 Å². The number of rotatable bonds is 4. The van der Waals surface area contributed by atoms with Crippen LogP contribution in [-0.4, -0.2) is 42.9 Å². The molecule has 23 heavy (non-hydrogen) atoms. The molecule has 1 aromatic rings. The Bertz CT molecular complexity index is 696. The average molecular weight is 353 g/mol. The van der Waals surface area contributed by atoms with Crippen LogP contribution in [0.1, 0.15) is 38.7 Å². The summed E-state index contributed by atoms with van der Waals surface area (Å²) >= 11 is 1.63. The summed E-state index contributed by atoms with van der Waals surface area (Å²) < 4.78 is 23.4. The molecule has 0 unspecified atom stereocenters. The highest BCUT2D eigenvalue weighted by Gasteiger charge is 2.43. The molecular formula is C17H24N2O2S2. The Balaban J connectivity index is 1.83. The minimum absolute atomic E-state index is 0.0608. The average Bonchev–Trinajstić information content (AvgIpc) is 2.98. The van der Waals surface area contributed by atoms with Crippen molar-refractivity contribution in [1.29, 1.82) is 0 Å². The van der Waals surface area contributed by atoms with Crippen LogP contribution in [0.4, 0.5) is 5.69 Å². The number of sulfone groups is 1. The maximum absolute atomic E-state index is 11.7. The van der Waals surface area contributed by atoms with E-state index in [9.17, 15) is 8.42 Å². The number of thioether (sulfide) groups is 1. The first kappa shape index (κ1) is 16.8. The molecule has 2 aliphatic rings. The van der Waals surface area contributed by atoms with Crippen molar-refractivity contribution in [3.63, 3.8) is 0 Å². The van der Waals surface area contributed by atoms with E-state index in [0.717, 1.165) is 23.8 Å². The summed E-state index contributed by atoms with van der Waals surface area (Å²) in [6.07, 6.45) is 1.03. The van der Waals surface area contributed by atoms with E-state index in [1.807, 2.05) is 0 Å². The summed E-state index contributed by atoms with van der Waals surface area (Å²) in [5.41, 5.74) is 2.47. The molecular weight excluding hydrogens is 328 g/mol.